The number of hydrogen-bond donors (Lipinski definition) is 1. The van der Waals surface area contributed by atoms with E-state index in [1.165, 1.54) is 16.9 Å². The molecule has 1 aliphatic carbocycles. The monoisotopic (exact) mass is 397 g/mol. The molecule has 0 bridgehead atoms. The molecule has 0 atom stereocenters. The Balaban J connectivity index is 1.60. The Morgan fingerprint density at radius 3 is 2.82 bits per heavy atom. The lowest BCUT2D eigenvalue weighted by atomic mass is 10.1. The van der Waals surface area contributed by atoms with Crippen LogP contribution in [0.4, 0.5) is 5.13 Å². The molecule has 1 saturated carbocycles. The van der Waals surface area contributed by atoms with Crippen molar-refractivity contribution in [3.63, 3.8) is 0 Å². The highest BCUT2D eigenvalue weighted by Gasteiger charge is 2.36. The summed E-state index contributed by atoms with van der Waals surface area (Å²) in [5, 5.41) is 1.65. The molecule has 0 unspecified atom stereocenters. The summed E-state index contributed by atoms with van der Waals surface area (Å²) in [6.07, 6.45) is 4.13. The molecule has 0 saturated heterocycles. The van der Waals surface area contributed by atoms with Gasteiger partial charge in [-0.1, -0.05) is 23.5 Å². The van der Waals surface area contributed by atoms with Gasteiger partial charge in [-0.05, 0) is 50.8 Å². The first kappa shape index (κ1) is 18.7. The largest absolute Gasteiger partial charge is 0.462 e. The Morgan fingerprint density at radius 1 is 1.32 bits per heavy atom. The van der Waals surface area contributed by atoms with E-state index in [1.54, 1.807) is 18.7 Å². The van der Waals surface area contributed by atoms with E-state index in [0.29, 0.717) is 28.7 Å². The van der Waals surface area contributed by atoms with E-state index >= 15 is 0 Å². The highest BCUT2D eigenvalue weighted by Crippen LogP contribution is 2.36. The smallest absolute Gasteiger partial charge is 0.350 e. The van der Waals surface area contributed by atoms with Crippen LogP contribution < -0.4 is 4.90 Å². The Kier molecular flexibility index (Phi) is 4.93. The zero-order chi connectivity index (χ0) is 19.8. The van der Waals surface area contributed by atoms with Gasteiger partial charge in [0.15, 0.2) is 5.13 Å². The molecule has 0 aliphatic heterocycles. The number of aromatic nitrogens is 2. The third-order valence-electron chi connectivity index (χ3n) is 4.90. The Labute approximate surface area is 167 Å². The fraction of sp³-hybridized carbons (Fsp3) is 0.381. The van der Waals surface area contributed by atoms with E-state index in [9.17, 15) is 9.59 Å². The van der Waals surface area contributed by atoms with Crippen molar-refractivity contribution in [1.82, 2.24) is 9.97 Å². The van der Waals surface area contributed by atoms with Crippen molar-refractivity contribution in [2.45, 2.75) is 46.1 Å². The van der Waals surface area contributed by atoms with E-state index in [1.807, 2.05) is 13.1 Å². The molecule has 1 fully saturated rings. The molecule has 0 spiro atoms. The summed E-state index contributed by atoms with van der Waals surface area (Å²) >= 11 is 1.24. The predicted molar refractivity (Wildman–Crippen MR) is 110 cm³/mol. The summed E-state index contributed by atoms with van der Waals surface area (Å²) in [4.78, 5) is 35.3. The first-order valence-electron chi connectivity index (χ1n) is 9.51. The molecule has 6 nitrogen and oxygen atoms in total. The van der Waals surface area contributed by atoms with Gasteiger partial charge in [0.25, 0.3) is 0 Å². The van der Waals surface area contributed by atoms with E-state index in [4.69, 9.17) is 4.74 Å². The molecule has 1 aliphatic rings. The van der Waals surface area contributed by atoms with Gasteiger partial charge in [0.05, 0.1) is 18.7 Å². The van der Waals surface area contributed by atoms with Crippen molar-refractivity contribution < 1.29 is 14.3 Å². The molecule has 28 heavy (non-hydrogen) atoms. The number of thiazole rings is 1. The van der Waals surface area contributed by atoms with Gasteiger partial charge in [0.2, 0.25) is 5.91 Å². The zero-order valence-corrected chi connectivity index (χ0v) is 17.1. The number of amides is 1. The van der Waals surface area contributed by atoms with Gasteiger partial charge in [-0.3, -0.25) is 9.69 Å². The van der Waals surface area contributed by atoms with Crippen LogP contribution in [0.2, 0.25) is 0 Å². The summed E-state index contributed by atoms with van der Waals surface area (Å²) in [7, 11) is 0. The van der Waals surface area contributed by atoms with Crippen molar-refractivity contribution in [3.8, 4) is 0 Å². The lowest BCUT2D eigenvalue weighted by Gasteiger charge is -2.19. The highest BCUT2D eigenvalue weighted by atomic mass is 32.1. The Morgan fingerprint density at radius 2 is 2.11 bits per heavy atom. The molecule has 146 valence electrons. The predicted octanol–water partition coefficient (Wildman–Crippen LogP) is 4.16. The van der Waals surface area contributed by atoms with Crippen LogP contribution >= 0.6 is 11.3 Å². The Hall–Kier alpha value is -2.67. The van der Waals surface area contributed by atoms with Gasteiger partial charge in [-0.2, -0.15) is 0 Å². The van der Waals surface area contributed by atoms with Gasteiger partial charge >= 0.3 is 5.97 Å². The number of carbonyl (C=O) groups is 2. The summed E-state index contributed by atoms with van der Waals surface area (Å²) in [6, 6.07) is 6.36. The fourth-order valence-corrected chi connectivity index (χ4v) is 4.41. The molecule has 2 heterocycles. The lowest BCUT2D eigenvalue weighted by molar-refractivity contribution is -0.118. The first-order valence-corrected chi connectivity index (χ1v) is 10.3. The third kappa shape index (κ3) is 3.54. The standard InChI is InChI=1S/C21H23N3O3S/c1-4-27-20(26)19-13(3)23-21(28-19)24(15-6-7-15)18(25)10-14-11-22-17-9-12(2)5-8-16(14)17/h5,8-9,11,15,22H,4,6-7,10H2,1-3H3. The molecule has 2 aromatic heterocycles. The number of carbonyl (C=O) groups excluding carboxylic acids is 2. The number of hydrogen-bond acceptors (Lipinski definition) is 5. The number of nitrogens with one attached hydrogen (secondary N) is 1. The number of aryl methyl sites for hydroxylation is 2. The van der Waals surface area contributed by atoms with E-state index in [2.05, 4.69) is 28.2 Å². The summed E-state index contributed by atoms with van der Waals surface area (Å²) in [5.74, 6) is -0.368. The number of anilines is 1. The maximum atomic E-state index is 13.2. The minimum Gasteiger partial charge on any atom is -0.462 e. The number of benzene rings is 1. The van der Waals surface area contributed by atoms with Crippen LogP contribution in [-0.4, -0.2) is 34.5 Å². The molecule has 4 rings (SSSR count). The maximum absolute atomic E-state index is 13.2. The average molecular weight is 398 g/mol. The maximum Gasteiger partial charge on any atom is 0.350 e. The Bertz CT molecular complexity index is 1050. The molecule has 1 aromatic carbocycles. The van der Waals surface area contributed by atoms with Gasteiger partial charge in [0, 0.05) is 23.1 Å². The van der Waals surface area contributed by atoms with Gasteiger partial charge in [-0.25, -0.2) is 9.78 Å². The molecule has 0 radical (unpaired) electrons. The number of nitrogens with zero attached hydrogens (tertiary/aromatic N) is 2. The normalized spacial score (nSPS) is 13.7. The molecule has 3 aromatic rings. The number of ether oxygens (including phenoxy) is 1. The van der Waals surface area contributed by atoms with Crippen LogP contribution in [0, 0.1) is 13.8 Å². The number of esters is 1. The number of H-pyrrole nitrogens is 1. The topological polar surface area (TPSA) is 75.3 Å². The molecule has 7 heteroatoms. The molecular formula is C21H23N3O3S. The van der Waals surface area contributed by atoms with Crippen molar-refractivity contribution in [1.29, 1.82) is 0 Å². The number of aromatic amines is 1. The van der Waals surface area contributed by atoms with Crippen LogP contribution in [-0.2, 0) is 16.0 Å². The van der Waals surface area contributed by atoms with Crippen molar-refractivity contribution >= 4 is 39.2 Å². The molecular weight excluding hydrogens is 374 g/mol. The van der Waals surface area contributed by atoms with Crippen LogP contribution in [0.15, 0.2) is 24.4 Å². The minimum atomic E-state index is -0.376. The molecule has 1 N–H and O–H groups in total. The van der Waals surface area contributed by atoms with E-state index in [0.717, 1.165) is 29.3 Å². The van der Waals surface area contributed by atoms with Crippen LogP contribution in [0.25, 0.3) is 10.9 Å². The summed E-state index contributed by atoms with van der Waals surface area (Å²) in [5.41, 5.74) is 3.80. The average Bonchev–Trinajstić information content (AvgIpc) is 3.29. The van der Waals surface area contributed by atoms with Crippen molar-refractivity contribution in [3.05, 3.63) is 46.1 Å². The SMILES string of the molecule is CCOC(=O)c1sc(N(C(=O)Cc2c[nH]c3cc(C)ccc23)C2CC2)nc1C. The quantitative estimate of drug-likeness (QED) is 0.634. The second kappa shape index (κ2) is 7.39. The van der Waals surface area contributed by atoms with Crippen LogP contribution in [0.5, 0.6) is 0 Å². The third-order valence-corrected chi connectivity index (χ3v) is 6.03. The van der Waals surface area contributed by atoms with Crippen molar-refractivity contribution in [2.75, 3.05) is 11.5 Å². The van der Waals surface area contributed by atoms with E-state index < -0.39 is 0 Å². The summed E-state index contributed by atoms with van der Waals surface area (Å²) < 4.78 is 5.11. The molecule has 1 amide bonds. The van der Waals surface area contributed by atoms with Gasteiger partial charge in [0.1, 0.15) is 4.88 Å². The number of rotatable bonds is 6. The van der Waals surface area contributed by atoms with Crippen LogP contribution in [0.1, 0.15) is 46.3 Å². The van der Waals surface area contributed by atoms with Gasteiger partial charge in [-0.15, -0.1) is 0 Å². The fourth-order valence-electron chi connectivity index (χ4n) is 3.36. The number of fused-ring (bicyclic) bond motifs is 1. The van der Waals surface area contributed by atoms with Gasteiger partial charge < -0.3 is 9.72 Å². The summed E-state index contributed by atoms with van der Waals surface area (Å²) in [6.45, 7) is 5.92. The van der Waals surface area contributed by atoms with Crippen molar-refractivity contribution in [2.24, 2.45) is 0 Å². The van der Waals surface area contributed by atoms with E-state index in [-0.39, 0.29) is 17.9 Å². The lowest BCUT2D eigenvalue weighted by Crippen LogP contribution is -2.34. The highest BCUT2D eigenvalue weighted by molar-refractivity contribution is 7.17. The minimum absolute atomic E-state index is 0.00753. The second-order valence-corrected chi connectivity index (χ2v) is 8.14. The zero-order valence-electron chi connectivity index (χ0n) is 16.2. The van der Waals surface area contributed by atoms with Crippen LogP contribution in [0.3, 0.4) is 0 Å². The second-order valence-electron chi connectivity index (χ2n) is 7.17. The first-order chi connectivity index (χ1) is 13.5.